The molecule has 1 aromatic rings. The van der Waals surface area contributed by atoms with Gasteiger partial charge in [-0.2, -0.15) is 0 Å². The molecule has 0 aliphatic heterocycles. The molecule has 3 nitrogen and oxygen atoms in total. The van der Waals surface area contributed by atoms with Crippen LogP contribution in [0.5, 0.6) is 0 Å². The number of carbonyl (C=O) groups is 1. The predicted molar refractivity (Wildman–Crippen MR) is 57.6 cm³/mol. The van der Waals surface area contributed by atoms with Crippen LogP contribution in [0.4, 0.5) is 11.4 Å². The number of anilines is 2. The van der Waals surface area contributed by atoms with Crippen molar-refractivity contribution in [2.75, 3.05) is 11.1 Å². The summed E-state index contributed by atoms with van der Waals surface area (Å²) in [6.45, 7) is 0. The topological polar surface area (TPSA) is 55.1 Å². The maximum atomic E-state index is 11.2. The Balaban J connectivity index is 2.49. The van der Waals surface area contributed by atoms with Crippen LogP contribution in [0, 0.1) is 12.3 Å². The molecule has 0 bridgehead atoms. The van der Waals surface area contributed by atoms with Crippen molar-refractivity contribution in [3.05, 3.63) is 24.3 Å². The van der Waals surface area contributed by atoms with E-state index < -0.39 is 0 Å². The molecule has 1 amide bonds. The van der Waals surface area contributed by atoms with Crippen LogP contribution >= 0.6 is 0 Å². The van der Waals surface area contributed by atoms with Gasteiger partial charge in [0.25, 0.3) is 0 Å². The minimum absolute atomic E-state index is 0.0762. The number of amides is 1. The lowest BCUT2D eigenvalue weighted by Crippen LogP contribution is -2.10. The van der Waals surface area contributed by atoms with Crippen molar-refractivity contribution in [1.82, 2.24) is 0 Å². The smallest absolute Gasteiger partial charge is 0.225 e. The second-order valence-electron chi connectivity index (χ2n) is 2.87. The fraction of sp³-hybridized carbons (Fsp3) is 0.182. The molecule has 0 aliphatic rings. The van der Waals surface area contributed by atoms with E-state index in [1.807, 2.05) is 0 Å². The normalized spacial score (nSPS) is 9.07. The van der Waals surface area contributed by atoms with Gasteiger partial charge in [0.2, 0.25) is 5.91 Å². The summed E-state index contributed by atoms with van der Waals surface area (Å²) in [6.07, 6.45) is 5.85. The zero-order valence-electron chi connectivity index (χ0n) is 7.79. The lowest BCUT2D eigenvalue weighted by Gasteiger charge is -2.03. The first-order chi connectivity index (χ1) is 6.72. The summed E-state index contributed by atoms with van der Waals surface area (Å²) >= 11 is 0. The fourth-order valence-electron chi connectivity index (χ4n) is 0.976. The molecule has 0 saturated carbocycles. The Kier molecular flexibility index (Phi) is 3.57. The lowest BCUT2D eigenvalue weighted by atomic mass is 10.2. The van der Waals surface area contributed by atoms with Crippen LogP contribution in [0.25, 0.3) is 0 Å². The molecule has 1 aromatic carbocycles. The van der Waals surface area contributed by atoms with Crippen LogP contribution in [0.15, 0.2) is 24.3 Å². The Morgan fingerprint density at radius 2 is 2.07 bits per heavy atom. The van der Waals surface area contributed by atoms with Crippen molar-refractivity contribution in [2.24, 2.45) is 0 Å². The Bertz CT molecular complexity index is 349. The highest BCUT2D eigenvalue weighted by Crippen LogP contribution is 2.10. The number of hydrogen-bond acceptors (Lipinski definition) is 2. The first kappa shape index (κ1) is 10.1. The van der Waals surface area contributed by atoms with E-state index in [0.717, 1.165) is 5.69 Å². The van der Waals surface area contributed by atoms with Gasteiger partial charge in [-0.25, -0.2) is 0 Å². The number of nitrogens with two attached hydrogens (primary N) is 1. The highest BCUT2D eigenvalue weighted by Gasteiger charge is 1.99. The zero-order chi connectivity index (χ0) is 10.4. The van der Waals surface area contributed by atoms with Gasteiger partial charge < -0.3 is 11.1 Å². The number of nitrogens with one attached hydrogen (secondary N) is 1. The van der Waals surface area contributed by atoms with Crippen molar-refractivity contribution in [3.63, 3.8) is 0 Å². The molecule has 1 rings (SSSR count). The quantitative estimate of drug-likeness (QED) is 0.559. The molecule has 0 aromatic heterocycles. The van der Waals surface area contributed by atoms with E-state index in [0.29, 0.717) is 18.5 Å². The Morgan fingerprint density at radius 3 is 2.64 bits per heavy atom. The van der Waals surface area contributed by atoms with Gasteiger partial charge in [0, 0.05) is 24.2 Å². The number of carbonyl (C=O) groups excluding carboxylic acids is 1. The van der Waals surface area contributed by atoms with Gasteiger partial charge in [0.15, 0.2) is 0 Å². The molecule has 0 saturated heterocycles. The molecule has 3 N–H and O–H groups in total. The van der Waals surface area contributed by atoms with Crippen LogP contribution in [-0.2, 0) is 4.79 Å². The standard InChI is InChI=1S/C11H12N2O/c1-2-3-4-11(14)13-10-7-5-9(12)6-8-10/h1,5-8H,3-4,12H2,(H,13,14). The van der Waals surface area contributed by atoms with Crippen LogP contribution in [0.3, 0.4) is 0 Å². The van der Waals surface area contributed by atoms with Gasteiger partial charge in [-0.1, -0.05) is 0 Å². The zero-order valence-corrected chi connectivity index (χ0v) is 7.79. The van der Waals surface area contributed by atoms with Gasteiger partial charge in [0.05, 0.1) is 0 Å². The van der Waals surface area contributed by atoms with E-state index in [1.54, 1.807) is 24.3 Å². The van der Waals surface area contributed by atoms with Crippen LogP contribution in [-0.4, -0.2) is 5.91 Å². The molecule has 72 valence electrons. The molecular formula is C11H12N2O. The minimum atomic E-state index is -0.0762. The average molecular weight is 188 g/mol. The highest BCUT2D eigenvalue weighted by molar-refractivity contribution is 5.90. The van der Waals surface area contributed by atoms with Gasteiger partial charge >= 0.3 is 0 Å². The monoisotopic (exact) mass is 188 g/mol. The molecule has 0 fully saturated rings. The summed E-state index contributed by atoms with van der Waals surface area (Å²) < 4.78 is 0. The van der Waals surface area contributed by atoms with E-state index >= 15 is 0 Å². The van der Waals surface area contributed by atoms with Crippen LogP contribution < -0.4 is 11.1 Å². The predicted octanol–water partition coefficient (Wildman–Crippen LogP) is 1.62. The van der Waals surface area contributed by atoms with Gasteiger partial charge in [0.1, 0.15) is 0 Å². The first-order valence-corrected chi connectivity index (χ1v) is 4.31. The second-order valence-corrected chi connectivity index (χ2v) is 2.87. The lowest BCUT2D eigenvalue weighted by molar-refractivity contribution is -0.116. The van der Waals surface area contributed by atoms with Crippen molar-refractivity contribution in [1.29, 1.82) is 0 Å². The summed E-state index contributed by atoms with van der Waals surface area (Å²) in [5.41, 5.74) is 6.91. The van der Waals surface area contributed by atoms with Gasteiger partial charge in [-0.15, -0.1) is 12.3 Å². The molecule has 14 heavy (non-hydrogen) atoms. The Labute approximate surface area is 83.3 Å². The number of terminal acetylenes is 1. The highest BCUT2D eigenvalue weighted by atomic mass is 16.1. The van der Waals surface area contributed by atoms with E-state index in [-0.39, 0.29) is 5.91 Å². The van der Waals surface area contributed by atoms with Crippen molar-refractivity contribution in [3.8, 4) is 12.3 Å². The molecule has 0 atom stereocenters. The number of benzene rings is 1. The molecule has 0 spiro atoms. The molecule has 0 radical (unpaired) electrons. The molecular weight excluding hydrogens is 176 g/mol. The SMILES string of the molecule is C#CCCC(=O)Nc1ccc(N)cc1. The third-order valence-corrected chi connectivity index (χ3v) is 1.69. The van der Waals surface area contributed by atoms with Crippen molar-refractivity contribution < 1.29 is 4.79 Å². The van der Waals surface area contributed by atoms with Crippen LogP contribution in [0.2, 0.25) is 0 Å². The van der Waals surface area contributed by atoms with E-state index in [2.05, 4.69) is 11.2 Å². The molecule has 3 heteroatoms. The van der Waals surface area contributed by atoms with Crippen molar-refractivity contribution in [2.45, 2.75) is 12.8 Å². The van der Waals surface area contributed by atoms with Gasteiger partial charge in [-0.05, 0) is 24.3 Å². The van der Waals surface area contributed by atoms with Crippen LogP contribution in [0.1, 0.15) is 12.8 Å². The molecule has 0 heterocycles. The first-order valence-electron chi connectivity index (χ1n) is 4.31. The third-order valence-electron chi connectivity index (χ3n) is 1.69. The molecule has 0 aliphatic carbocycles. The van der Waals surface area contributed by atoms with E-state index in [9.17, 15) is 4.79 Å². The van der Waals surface area contributed by atoms with Crippen molar-refractivity contribution >= 4 is 17.3 Å². The number of rotatable bonds is 3. The minimum Gasteiger partial charge on any atom is -0.399 e. The average Bonchev–Trinajstić information content (AvgIpc) is 2.18. The third kappa shape index (κ3) is 3.20. The maximum absolute atomic E-state index is 11.2. The summed E-state index contributed by atoms with van der Waals surface area (Å²) in [7, 11) is 0. The largest absolute Gasteiger partial charge is 0.399 e. The van der Waals surface area contributed by atoms with E-state index in [4.69, 9.17) is 12.2 Å². The number of nitrogen functional groups attached to an aromatic ring is 1. The Morgan fingerprint density at radius 1 is 1.43 bits per heavy atom. The van der Waals surface area contributed by atoms with E-state index in [1.165, 1.54) is 0 Å². The summed E-state index contributed by atoms with van der Waals surface area (Å²) in [5, 5.41) is 2.71. The Hall–Kier alpha value is -1.95. The number of hydrogen-bond donors (Lipinski definition) is 2. The molecule has 0 unspecified atom stereocenters. The summed E-state index contributed by atoms with van der Waals surface area (Å²) in [5.74, 6) is 2.34. The maximum Gasteiger partial charge on any atom is 0.225 e. The van der Waals surface area contributed by atoms with Gasteiger partial charge in [-0.3, -0.25) is 4.79 Å². The summed E-state index contributed by atoms with van der Waals surface area (Å²) in [4.78, 5) is 11.2. The summed E-state index contributed by atoms with van der Waals surface area (Å²) in [6, 6.07) is 6.97. The fourth-order valence-corrected chi connectivity index (χ4v) is 0.976. The second kappa shape index (κ2) is 4.93.